The van der Waals surface area contributed by atoms with E-state index in [2.05, 4.69) is 30.3 Å². The molecule has 20 heavy (non-hydrogen) atoms. The van der Waals surface area contributed by atoms with Gasteiger partial charge in [-0.25, -0.2) is 0 Å². The second kappa shape index (κ2) is 7.44. The van der Waals surface area contributed by atoms with Crippen LogP contribution in [0.25, 0.3) is 0 Å². The van der Waals surface area contributed by atoms with Crippen molar-refractivity contribution in [2.45, 2.75) is 38.5 Å². The van der Waals surface area contributed by atoms with E-state index >= 15 is 0 Å². The first kappa shape index (κ1) is 15.0. The Morgan fingerprint density at radius 2 is 1.95 bits per heavy atom. The van der Waals surface area contributed by atoms with E-state index < -0.39 is 0 Å². The molecule has 1 heterocycles. The van der Waals surface area contributed by atoms with Crippen LogP contribution in [0.1, 0.15) is 44.1 Å². The quantitative estimate of drug-likeness (QED) is 0.897. The van der Waals surface area contributed by atoms with Crippen LogP contribution >= 0.6 is 0 Å². The van der Waals surface area contributed by atoms with Crippen molar-refractivity contribution in [3.63, 3.8) is 0 Å². The fraction of sp³-hybridized carbons (Fsp3) is 0.588. The molecule has 0 radical (unpaired) electrons. The molecule has 1 atom stereocenters. The van der Waals surface area contributed by atoms with E-state index in [1.54, 1.807) is 0 Å². The van der Waals surface area contributed by atoms with Crippen LogP contribution in [0.5, 0.6) is 0 Å². The van der Waals surface area contributed by atoms with Crippen LogP contribution in [0.2, 0.25) is 0 Å². The Bertz CT molecular complexity index is 410. The molecule has 110 valence electrons. The molecule has 0 bridgehead atoms. The van der Waals surface area contributed by atoms with E-state index in [4.69, 9.17) is 5.73 Å². The SMILES string of the molecule is CC(CCCN)C(=O)N1CCC(c2ccccc2)CC1. The zero-order valence-corrected chi connectivity index (χ0v) is 12.4. The fourth-order valence-corrected chi connectivity index (χ4v) is 3.02. The lowest BCUT2D eigenvalue weighted by Gasteiger charge is -2.34. The molecular weight excluding hydrogens is 248 g/mol. The van der Waals surface area contributed by atoms with Gasteiger partial charge in [-0.15, -0.1) is 0 Å². The highest BCUT2D eigenvalue weighted by molar-refractivity contribution is 5.78. The van der Waals surface area contributed by atoms with Crippen molar-refractivity contribution in [2.75, 3.05) is 19.6 Å². The lowest BCUT2D eigenvalue weighted by Crippen LogP contribution is -2.40. The van der Waals surface area contributed by atoms with Gasteiger partial charge in [0.15, 0.2) is 0 Å². The lowest BCUT2D eigenvalue weighted by molar-refractivity contribution is -0.136. The molecule has 1 aliphatic heterocycles. The molecule has 0 aliphatic carbocycles. The van der Waals surface area contributed by atoms with E-state index in [1.807, 2.05) is 11.8 Å². The summed E-state index contributed by atoms with van der Waals surface area (Å²) in [5.41, 5.74) is 6.93. The number of nitrogens with zero attached hydrogens (tertiary/aromatic N) is 1. The number of benzene rings is 1. The molecule has 0 saturated carbocycles. The molecule has 1 fully saturated rings. The summed E-state index contributed by atoms with van der Waals surface area (Å²) >= 11 is 0. The average molecular weight is 274 g/mol. The van der Waals surface area contributed by atoms with Crippen molar-refractivity contribution in [2.24, 2.45) is 11.7 Å². The third-order valence-electron chi connectivity index (χ3n) is 4.34. The van der Waals surface area contributed by atoms with E-state index in [1.165, 1.54) is 5.56 Å². The number of carbonyl (C=O) groups excluding carboxylic acids is 1. The van der Waals surface area contributed by atoms with Gasteiger partial charge in [0, 0.05) is 19.0 Å². The van der Waals surface area contributed by atoms with Gasteiger partial charge in [0.2, 0.25) is 5.91 Å². The monoisotopic (exact) mass is 274 g/mol. The van der Waals surface area contributed by atoms with Crippen LogP contribution in [0.4, 0.5) is 0 Å². The summed E-state index contributed by atoms with van der Waals surface area (Å²) in [6.07, 6.45) is 4.01. The predicted octanol–water partition coefficient (Wildman–Crippen LogP) is 2.77. The van der Waals surface area contributed by atoms with Crippen molar-refractivity contribution < 1.29 is 4.79 Å². The third kappa shape index (κ3) is 3.83. The smallest absolute Gasteiger partial charge is 0.225 e. The Balaban J connectivity index is 1.83. The molecular formula is C17H26N2O. The first-order chi connectivity index (χ1) is 9.72. The lowest BCUT2D eigenvalue weighted by atomic mass is 9.89. The maximum Gasteiger partial charge on any atom is 0.225 e. The van der Waals surface area contributed by atoms with Gasteiger partial charge in [-0.2, -0.15) is 0 Å². The van der Waals surface area contributed by atoms with Crippen LogP contribution in [0.3, 0.4) is 0 Å². The zero-order valence-electron chi connectivity index (χ0n) is 12.4. The molecule has 2 N–H and O–H groups in total. The van der Waals surface area contributed by atoms with Gasteiger partial charge in [0.05, 0.1) is 0 Å². The van der Waals surface area contributed by atoms with E-state index in [0.717, 1.165) is 38.8 Å². The Labute approximate surface area is 122 Å². The summed E-state index contributed by atoms with van der Waals surface area (Å²) in [5, 5.41) is 0. The number of amides is 1. The Kier molecular flexibility index (Phi) is 5.60. The summed E-state index contributed by atoms with van der Waals surface area (Å²) in [6.45, 7) is 4.49. The number of likely N-dealkylation sites (tertiary alicyclic amines) is 1. The fourth-order valence-electron chi connectivity index (χ4n) is 3.02. The van der Waals surface area contributed by atoms with Crippen LogP contribution in [-0.2, 0) is 4.79 Å². The summed E-state index contributed by atoms with van der Waals surface area (Å²) in [6, 6.07) is 10.7. The number of nitrogens with two attached hydrogens (primary N) is 1. The number of piperidine rings is 1. The topological polar surface area (TPSA) is 46.3 Å². The van der Waals surface area contributed by atoms with E-state index in [9.17, 15) is 4.79 Å². The Hall–Kier alpha value is -1.35. The highest BCUT2D eigenvalue weighted by atomic mass is 16.2. The number of rotatable bonds is 5. The van der Waals surface area contributed by atoms with Crippen molar-refractivity contribution >= 4 is 5.91 Å². The summed E-state index contributed by atoms with van der Waals surface area (Å²) in [4.78, 5) is 14.4. The van der Waals surface area contributed by atoms with Gasteiger partial charge < -0.3 is 10.6 Å². The minimum absolute atomic E-state index is 0.117. The number of carbonyl (C=O) groups is 1. The van der Waals surface area contributed by atoms with Crippen molar-refractivity contribution in [1.29, 1.82) is 0 Å². The number of hydrogen-bond acceptors (Lipinski definition) is 2. The Morgan fingerprint density at radius 1 is 1.30 bits per heavy atom. The minimum atomic E-state index is 0.117. The van der Waals surface area contributed by atoms with Crippen LogP contribution in [0.15, 0.2) is 30.3 Å². The number of hydrogen-bond donors (Lipinski definition) is 1. The molecule has 3 nitrogen and oxygen atoms in total. The van der Waals surface area contributed by atoms with E-state index in [-0.39, 0.29) is 5.92 Å². The minimum Gasteiger partial charge on any atom is -0.342 e. The van der Waals surface area contributed by atoms with Gasteiger partial charge in [0.25, 0.3) is 0 Å². The largest absolute Gasteiger partial charge is 0.342 e. The standard InChI is InChI=1S/C17H26N2O/c1-14(6-5-11-18)17(20)19-12-9-16(10-13-19)15-7-3-2-4-8-15/h2-4,7-8,14,16H,5-6,9-13,18H2,1H3. The highest BCUT2D eigenvalue weighted by Crippen LogP contribution is 2.28. The third-order valence-corrected chi connectivity index (χ3v) is 4.34. The van der Waals surface area contributed by atoms with Gasteiger partial charge >= 0.3 is 0 Å². The summed E-state index contributed by atoms with van der Waals surface area (Å²) in [5.74, 6) is 1.04. The molecule has 0 spiro atoms. The maximum absolute atomic E-state index is 12.3. The molecule has 1 unspecified atom stereocenters. The molecule has 1 saturated heterocycles. The van der Waals surface area contributed by atoms with Crippen molar-refractivity contribution in [1.82, 2.24) is 4.90 Å². The Morgan fingerprint density at radius 3 is 2.55 bits per heavy atom. The molecule has 1 aliphatic rings. The van der Waals surface area contributed by atoms with Gasteiger partial charge in [-0.05, 0) is 43.7 Å². The first-order valence-electron chi connectivity index (χ1n) is 7.76. The second-order valence-electron chi connectivity index (χ2n) is 5.84. The normalized spacial score (nSPS) is 18.0. The van der Waals surface area contributed by atoms with E-state index in [0.29, 0.717) is 18.4 Å². The van der Waals surface area contributed by atoms with Crippen molar-refractivity contribution in [3.05, 3.63) is 35.9 Å². The molecule has 3 heteroatoms. The molecule has 2 rings (SSSR count). The van der Waals surface area contributed by atoms with Crippen LogP contribution < -0.4 is 5.73 Å². The molecule has 1 amide bonds. The van der Waals surface area contributed by atoms with Gasteiger partial charge in [0.1, 0.15) is 0 Å². The highest BCUT2D eigenvalue weighted by Gasteiger charge is 2.26. The predicted molar refractivity (Wildman–Crippen MR) is 82.4 cm³/mol. The average Bonchev–Trinajstić information content (AvgIpc) is 2.53. The van der Waals surface area contributed by atoms with Gasteiger partial charge in [-0.3, -0.25) is 4.79 Å². The van der Waals surface area contributed by atoms with Crippen LogP contribution in [0, 0.1) is 5.92 Å². The second-order valence-corrected chi connectivity index (χ2v) is 5.84. The van der Waals surface area contributed by atoms with Gasteiger partial charge in [-0.1, -0.05) is 37.3 Å². The maximum atomic E-state index is 12.3. The summed E-state index contributed by atoms with van der Waals surface area (Å²) < 4.78 is 0. The molecule has 0 aromatic heterocycles. The first-order valence-corrected chi connectivity index (χ1v) is 7.76. The van der Waals surface area contributed by atoms with Crippen LogP contribution in [-0.4, -0.2) is 30.4 Å². The van der Waals surface area contributed by atoms with Crippen molar-refractivity contribution in [3.8, 4) is 0 Å². The molecule has 1 aromatic carbocycles. The summed E-state index contributed by atoms with van der Waals surface area (Å²) in [7, 11) is 0. The zero-order chi connectivity index (χ0) is 14.4. The molecule has 1 aromatic rings.